The SMILES string of the molecule is CC/C=C\N(N)CC(C)=O. The van der Waals surface area contributed by atoms with Crippen molar-refractivity contribution in [3.63, 3.8) is 0 Å². The minimum Gasteiger partial charge on any atom is -0.311 e. The molecule has 0 radical (unpaired) electrons. The van der Waals surface area contributed by atoms with Crippen LogP contribution in [0.5, 0.6) is 0 Å². The van der Waals surface area contributed by atoms with E-state index in [0.29, 0.717) is 0 Å². The Labute approximate surface area is 61.5 Å². The van der Waals surface area contributed by atoms with Gasteiger partial charge in [0.1, 0.15) is 0 Å². The molecule has 0 saturated heterocycles. The zero-order valence-electron chi connectivity index (χ0n) is 6.50. The van der Waals surface area contributed by atoms with E-state index in [0.717, 1.165) is 6.42 Å². The topological polar surface area (TPSA) is 46.3 Å². The van der Waals surface area contributed by atoms with E-state index in [4.69, 9.17) is 5.84 Å². The maximum Gasteiger partial charge on any atom is 0.150 e. The molecule has 0 atom stereocenters. The molecular formula is C7H14N2O. The summed E-state index contributed by atoms with van der Waals surface area (Å²) in [4.78, 5) is 10.5. The zero-order chi connectivity index (χ0) is 7.98. The van der Waals surface area contributed by atoms with E-state index in [-0.39, 0.29) is 12.3 Å². The standard InChI is InChI=1S/C7H14N2O/c1-3-4-5-9(8)6-7(2)10/h4-5H,3,6,8H2,1-2H3/b5-4-. The van der Waals surface area contributed by atoms with Crippen LogP contribution in [-0.4, -0.2) is 17.3 Å². The molecule has 0 aromatic rings. The number of nitrogens with zero attached hydrogens (tertiary/aromatic N) is 1. The van der Waals surface area contributed by atoms with Gasteiger partial charge in [-0.2, -0.15) is 0 Å². The first-order valence-electron chi connectivity index (χ1n) is 3.34. The summed E-state index contributed by atoms with van der Waals surface area (Å²) in [6.45, 7) is 3.81. The Kier molecular flexibility index (Phi) is 4.58. The van der Waals surface area contributed by atoms with Crippen molar-refractivity contribution in [2.75, 3.05) is 6.54 Å². The lowest BCUT2D eigenvalue weighted by molar-refractivity contribution is -0.117. The third kappa shape index (κ3) is 5.31. The average Bonchev–Trinajstić information content (AvgIpc) is 1.82. The molecule has 0 amide bonds. The van der Waals surface area contributed by atoms with Gasteiger partial charge in [0.15, 0.2) is 5.78 Å². The Hall–Kier alpha value is -0.830. The number of rotatable bonds is 4. The number of carbonyl (C=O) groups is 1. The monoisotopic (exact) mass is 142 g/mol. The number of allylic oxidation sites excluding steroid dienone is 1. The van der Waals surface area contributed by atoms with Crippen LogP contribution in [0.1, 0.15) is 20.3 Å². The minimum absolute atomic E-state index is 0.0725. The van der Waals surface area contributed by atoms with Gasteiger partial charge in [0.25, 0.3) is 0 Å². The summed E-state index contributed by atoms with van der Waals surface area (Å²) in [6.07, 6.45) is 4.55. The van der Waals surface area contributed by atoms with E-state index in [1.54, 1.807) is 6.20 Å². The lowest BCUT2D eigenvalue weighted by atomic mass is 10.4. The maximum absolute atomic E-state index is 10.5. The molecule has 10 heavy (non-hydrogen) atoms. The zero-order valence-corrected chi connectivity index (χ0v) is 6.50. The quantitative estimate of drug-likeness (QED) is 0.463. The fraction of sp³-hybridized carbons (Fsp3) is 0.571. The molecule has 0 aromatic carbocycles. The van der Waals surface area contributed by atoms with Gasteiger partial charge >= 0.3 is 0 Å². The van der Waals surface area contributed by atoms with Gasteiger partial charge in [0, 0.05) is 6.20 Å². The fourth-order valence-corrected chi connectivity index (χ4v) is 0.551. The van der Waals surface area contributed by atoms with Crippen LogP contribution >= 0.6 is 0 Å². The van der Waals surface area contributed by atoms with Crippen molar-refractivity contribution in [1.82, 2.24) is 5.01 Å². The van der Waals surface area contributed by atoms with Crippen molar-refractivity contribution < 1.29 is 4.79 Å². The largest absolute Gasteiger partial charge is 0.311 e. The lowest BCUT2D eigenvalue weighted by Crippen LogP contribution is -2.29. The molecule has 0 aliphatic carbocycles. The highest BCUT2D eigenvalue weighted by molar-refractivity contribution is 5.77. The number of Topliss-reactive ketones (excluding diaryl/α,β-unsaturated/α-hetero) is 1. The third-order valence-corrected chi connectivity index (χ3v) is 0.938. The number of hydrogen-bond acceptors (Lipinski definition) is 3. The molecule has 0 saturated carbocycles. The van der Waals surface area contributed by atoms with Crippen molar-refractivity contribution in [2.45, 2.75) is 20.3 Å². The molecule has 0 aromatic heterocycles. The molecule has 2 N–H and O–H groups in total. The summed E-state index contributed by atoms with van der Waals surface area (Å²) in [5, 5.41) is 1.38. The normalized spacial score (nSPS) is 10.3. The van der Waals surface area contributed by atoms with Gasteiger partial charge < -0.3 is 5.01 Å². The molecule has 0 rings (SSSR count). The summed E-state index contributed by atoms with van der Waals surface area (Å²) in [5.41, 5.74) is 0. The number of carbonyl (C=O) groups excluding carboxylic acids is 1. The average molecular weight is 142 g/mol. The molecule has 3 heteroatoms. The number of hydrogen-bond donors (Lipinski definition) is 1. The molecule has 0 aliphatic heterocycles. The summed E-state index contributed by atoms with van der Waals surface area (Å²) in [5.74, 6) is 5.46. The second-order valence-corrected chi connectivity index (χ2v) is 2.17. The van der Waals surface area contributed by atoms with Crippen molar-refractivity contribution in [3.8, 4) is 0 Å². The van der Waals surface area contributed by atoms with Crippen LogP contribution in [0, 0.1) is 0 Å². The van der Waals surface area contributed by atoms with E-state index in [2.05, 4.69) is 0 Å². The van der Waals surface area contributed by atoms with Gasteiger partial charge in [0.05, 0.1) is 6.54 Å². The summed E-state index contributed by atoms with van der Waals surface area (Å²) in [7, 11) is 0. The fourth-order valence-electron chi connectivity index (χ4n) is 0.551. The van der Waals surface area contributed by atoms with Gasteiger partial charge in [-0.3, -0.25) is 4.79 Å². The first-order chi connectivity index (χ1) is 4.66. The van der Waals surface area contributed by atoms with Crippen LogP contribution < -0.4 is 5.84 Å². The first kappa shape index (κ1) is 9.17. The van der Waals surface area contributed by atoms with E-state index in [9.17, 15) is 4.79 Å². The van der Waals surface area contributed by atoms with Gasteiger partial charge in [-0.05, 0) is 13.3 Å². The first-order valence-corrected chi connectivity index (χ1v) is 3.34. The maximum atomic E-state index is 10.5. The van der Waals surface area contributed by atoms with Crippen LogP contribution in [0.4, 0.5) is 0 Å². The molecule has 0 unspecified atom stereocenters. The number of ketones is 1. The number of nitrogens with two attached hydrogens (primary N) is 1. The summed E-state index contributed by atoms with van der Waals surface area (Å²) in [6, 6.07) is 0. The van der Waals surface area contributed by atoms with Crippen LogP contribution in [0.15, 0.2) is 12.3 Å². The molecule has 0 fully saturated rings. The summed E-state index contributed by atoms with van der Waals surface area (Å²) < 4.78 is 0. The van der Waals surface area contributed by atoms with Gasteiger partial charge in [0.2, 0.25) is 0 Å². The molecular weight excluding hydrogens is 128 g/mol. The Balaban J connectivity index is 3.52. The van der Waals surface area contributed by atoms with Crippen molar-refractivity contribution in [2.24, 2.45) is 5.84 Å². The van der Waals surface area contributed by atoms with E-state index >= 15 is 0 Å². The molecule has 0 bridgehead atoms. The molecule has 3 nitrogen and oxygen atoms in total. The van der Waals surface area contributed by atoms with Crippen molar-refractivity contribution in [1.29, 1.82) is 0 Å². The molecule has 0 aliphatic rings. The van der Waals surface area contributed by atoms with Crippen molar-refractivity contribution in [3.05, 3.63) is 12.3 Å². The smallest absolute Gasteiger partial charge is 0.150 e. The Morgan fingerprint density at radius 1 is 1.70 bits per heavy atom. The predicted molar refractivity (Wildman–Crippen MR) is 41.0 cm³/mol. The second-order valence-electron chi connectivity index (χ2n) is 2.17. The van der Waals surface area contributed by atoms with E-state index < -0.39 is 0 Å². The molecule has 0 spiro atoms. The lowest BCUT2D eigenvalue weighted by Gasteiger charge is -2.09. The van der Waals surface area contributed by atoms with Gasteiger partial charge in [-0.1, -0.05) is 13.0 Å². The molecule has 58 valence electrons. The minimum atomic E-state index is 0.0725. The van der Waals surface area contributed by atoms with Crippen LogP contribution in [0.25, 0.3) is 0 Å². The highest BCUT2D eigenvalue weighted by atomic mass is 16.1. The van der Waals surface area contributed by atoms with Crippen LogP contribution in [0.2, 0.25) is 0 Å². The Bertz CT molecular complexity index is 132. The van der Waals surface area contributed by atoms with E-state index in [1.807, 2.05) is 13.0 Å². The van der Waals surface area contributed by atoms with Crippen LogP contribution in [0.3, 0.4) is 0 Å². The third-order valence-electron chi connectivity index (χ3n) is 0.938. The van der Waals surface area contributed by atoms with Gasteiger partial charge in [-0.25, -0.2) is 5.84 Å². The van der Waals surface area contributed by atoms with E-state index in [1.165, 1.54) is 11.9 Å². The Morgan fingerprint density at radius 2 is 2.30 bits per heavy atom. The highest BCUT2D eigenvalue weighted by Gasteiger charge is 1.94. The second kappa shape index (κ2) is 4.99. The van der Waals surface area contributed by atoms with Gasteiger partial charge in [-0.15, -0.1) is 0 Å². The number of hydrazine groups is 1. The molecule has 0 heterocycles. The Morgan fingerprint density at radius 3 is 2.70 bits per heavy atom. The summed E-state index contributed by atoms with van der Waals surface area (Å²) >= 11 is 0. The van der Waals surface area contributed by atoms with Crippen LogP contribution in [-0.2, 0) is 4.79 Å². The highest BCUT2D eigenvalue weighted by Crippen LogP contribution is 1.83. The van der Waals surface area contributed by atoms with Crippen molar-refractivity contribution >= 4 is 5.78 Å². The predicted octanol–water partition coefficient (Wildman–Crippen LogP) is 0.675.